The second-order valence-electron chi connectivity index (χ2n) is 6.89. The van der Waals surface area contributed by atoms with E-state index in [2.05, 4.69) is 22.6 Å². The molecule has 1 atom stereocenters. The number of thioether (sulfide) groups is 1. The van der Waals surface area contributed by atoms with Crippen LogP contribution >= 0.6 is 24.4 Å². The summed E-state index contributed by atoms with van der Waals surface area (Å²) in [4.78, 5) is 41.9. The number of hydrogen-bond acceptors (Lipinski definition) is 12. The fraction of sp³-hybridized carbons (Fsp3) is 0.143. The minimum absolute atomic E-state index is 0.0442. The van der Waals surface area contributed by atoms with Gasteiger partial charge in [0.05, 0.1) is 15.9 Å². The van der Waals surface area contributed by atoms with Crippen molar-refractivity contribution in [3.8, 4) is 23.6 Å². The van der Waals surface area contributed by atoms with Crippen LogP contribution in [0.2, 0.25) is 0 Å². The number of carboxylic acids is 1. The molecule has 1 N–H and O–H groups in total. The highest BCUT2D eigenvalue weighted by Gasteiger charge is 2.33. The van der Waals surface area contributed by atoms with Gasteiger partial charge in [-0.3, -0.25) is 20.2 Å². The second kappa shape index (κ2) is 11.3. The van der Waals surface area contributed by atoms with Crippen LogP contribution in [-0.4, -0.2) is 43.3 Å². The third-order valence-corrected chi connectivity index (χ3v) is 5.40. The predicted molar refractivity (Wildman–Crippen MR) is 128 cm³/mol. The number of aliphatic carboxylic acids is 1. The molecule has 1 heterocycles. The smallest absolute Gasteiger partial charge is 0.392 e. The van der Waals surface area contributed by atoms with Gasteiger partial charge in [0.15, 0.2) is 5.16 Å². The van der Waals surface area contributed by atoms with Crippen molar-refractivity contribution < 1.29 is 29.2 Å². The normalized spacial score (nSPS) is 11.2. The molecule has 0 aliphatic carbocycles. The number of nitrogens with zero attached hydrogens (tertiary/aromatic N) is 5. The zero-order valence-electron chi connectivity index (χ0n) is 18.2. The number of hydrogen-bond donors (Lipinski definition) is 2. The van der Waals surface area contributed by atoms with Gasteiger partial charge in [-0.25, -0.2) is 4.79 Å². The molecule has 36 heavy (non-hydrogen) atoms. The van der Waals surface area contributed by atoms with Crippen LogP contribution in [0.3, 0.4) is 0 Å². The summed E-state index contributed by atoms with van der Waals surface area (Å²) >= 11 is 5.14. The summed E-state index contributed by atoms with van der Waals surface area (Å²) in [5, 5.41) is 41.8. The zero-order valence-corrected chi connectivity index (χ0v) is 19.9. The summed E-state index contributed by atoms with van der Waals surface area (Å²) in [6.45, 7) is 0. The monoisotopic (exact) mass is 529 g/mol. The van der Waals surface area contributed by atoms with Gasteiger partial charge in [-0.2, -0.15) is 15.2 Å². The molecule has 0 saturated heterocycles. The molecule has 184 valence electrons. The Morgan fingerprint density at radius 3 is 2.39 bits per heavy atom. The lowest BCUT2D eigenvalue weighted by molar-refractivity contribution is -0.387. The molecule has 0 aliphatic rings. The number of nitriles is 1. The molecule has 1 aromatic heterocycles. The maximum Gasteiger partial charge on any atom is 0.392 e. The molecule has 0 spiro atoms. The van der Waals surface area contributed by atoms with Crippen molar-refractivity contribution >= 4 is 41.7 Å². The highest BCUT2D eigenvalue weighted by molar-refractivity contribution is 7.98. The SMILES string of the molecule is CSc1nc(Oc2ccc(C#N)c([N+](=O)[O-])c2)c([N+](=O)[O-])c(OC(Cc2ccc(S)cc2)C(=O)O)n1. The molecule has 0 aliphatic heterocycles. The van der Waals surface area contributed by atoms with Gasteiger partial charge < -0.3 is 14.6 Å². The topological polar surface area (TPSA) is 192 Å². The maximum absolute atomic E-state index is 11.9. The number of carboxylic acid groups (broad SMARTS) is 1. The van der Waals surface area contributed by atoms with Gasteiger partial charge in [0.1, 0.15) is 17.4 Å². The van der Waals surface area contributed by atoms with E-state index in [9.17, 15) is 30.1 Å². The van der Waals surface area contributed by atoms with E-state index in [-0.39, 0.29) is 22.9 Å². The van der Waals surface area contributed by atoms with Crippen LogP contribution in [0.15, 0.2) is 52.5 Å². The zero-order chi connectivity index (χ0) is 26.4. The Morgan fingerprint density at radius 1 is 1.17 bits per heavy atom. The minimum Gasteiger partial charge on any atom is -0.478 e. The molecule has 0 radical (unpaired) electrons. The second-order valence-corrected chi connectivity index (χ2v) is 8.18. The predicted octanol–water partition coefficient (Wildman–Crippen LogP) is 4.04. The van der Waals surface area contributed by atoms with E-state index in [1.807, 2.05) is 0 Å². The third-order valence-electron chi connectivity index (χ3n) is 4.55. The van der Waals surface area contributed by atoms with Crippen LogP contribution in [0, 0.1) is 31.6 Å². The van der Waals surface area contributed by atoms with Crippen molar-refractivity contribution in [3.05, 3.63) is 73.8 Å². The maximum atomic E-state index is 11.9. The minimum atomic E-state index is -1.55. The van der Waals surface area contributed by atoms with Gasteiger partial charge in [-0.15, -0.1) is 12.6 Å². The molecule has 0 fully saturated rings. The van der Waals surface area contributed by atoms with E-state index >= 15 is 0 Å². The van der Waals surface area contributed by atoms with Gasteiger partial charge in [0.25, 0.3) is 5.69 Å². The highest BCUT2D eigenvalue weighted by Crippen LogP contribution is 2.39. The number of nitro groups is 2. The van der Waals surface area contributed by atoms with Crippen LogP contribution in [0.4, 0.5) is 11.4 Å². The number of aromatic nitrogens is 2. The van der Waals surface area contributed by atoms with Gasteiger partial charge in [-0.1, -0.05) is 23.9 Å². The first kappa shape index (κ1) is 26.2. The van der Waals surface area contributed by atoms with Crippen LogP contribution in [-0.2, 0) is 11.2 Å². The molecule has 3 rings (SSSR count). The summed E-state index contributed by atoms with van der Waals surface area (Å²) in [5.41, 5.74) is -1.12. The molecule has 0 amide bonds. The average Bonchev–Trinajstić information content (AvgIpc) is 2.84. The quantitative estimate of drug-likeness (QED) is 0.126. The lowest BCUT2D eigenvalue weighted by Gasteiger charge is -2.16. The van der Waals surface area contributed by atoms with E-state index in [0.29, 0.717) is 10.5 Å². The van der Waals surface area contributed by atoms with Crippen molar-refractivity contribution in [2.45, 2.75) is 22.6 Å². The van der Waals surface area contributed by atoms with E-state index in [1.165, 1.54) is 6.07 Å². The van der Waals surface area contributed by atoms with E-state index in [0.717, 1.165) is 23.9 Å². The van der Waals surface area contributed by atoms with Gasteiger partial charge in [0.2, 0.25) is 6.10 Å². The first-order valence-corrected chi connectivity index (χ1v) is 11.4. The van der Waals surface area contributed by atoms with E-state index in [4.69, 9.17) is 14.7 Å². The Hall–Kier alpha value is -4.42. The van der Waals surface area contributed by atoms with Gasteiger partial charge in [-0.05, 0) is 36.1 Å². The van der Waals surface area contributed by atoms with Crippen molar-refractivity contribution in [3.63, 3.8) is 0 Å². The lowest BCUT2D eigenvalue weighted by atomic mass is 10.1. The molecular formula is C21H15N5O8S2. The first-order valence-electron chi connectivity index (χ1n) is 9.77. The molecule has 13 nitrogen and oxygen atoms in total. The summed E-state index contributed by atoms with van der Waals surface area (Å²) in [6.07, 6.45) is -0.130. The Kier molecular flexibility index (Phi) is 8.25. The van der Waals surface area contributed by atoms with Crippen LogP contribution < -0.4 is 9.47 Å². The number of ether oxygens (including phenoxy) is 2. The highest BCUT2D eigenvalue weighted by atomic mass is 32.2. The van der Waals surface area contributed by atoms with Crippen molar-refractivity contribution in [1.29, 1.82) is 5.26 Å². The summed E-state index contributed by atoms with van der Waals surface area (Å²) in [7, 11) is 0. The molecule has 15 heteroatoms. The summed E-state index contributed by atoms with van der Waals surface area (Å²) < 4.78 is 10.9. The number of nitro benzene ring substituents is 1. The number of thiol groups is 1. The van der Waals surface area contributed by atoms with Gasteiger partial charge in [0, 0.05) is 11.3 Å². The number of carbonyl (C=O) groups is 1. The van der Waals surface area contributed by atoms with E-state index in [1.54, 1.807) is 36.6 Å². The Labute approximate surface area is 212 Å². The third kappa shape index (κ3) is 6.17. The molecule has 2 aromatic carbocycles. The van der Waals surface area contributed by atoms with Crippen molar-refractivity contribution in [2.75, 3.05) is 6.26 Å². The van der Waals surface area contributed by atoms with Crippen molar-refractivity contribution in [2.24, 2.45) is 0 Å². The van der Waals surface area contributed by atoms with E-state index < -0.39 is 45.1 Å². The summed E-state index contributed by atoms with van der Waals surface area (Å²) in [5.74, 6) is -2.90. The molecule has 0 saturated carbocycles. The Balaban J connectivity index is 2.04. The molecule has 1 unspecified atom stereocenters. The largest absolute Gasteiger partial charge is 0.478 e. The fourth-order valence-corrected chi connectivity index (χ4v) is 3.39. The summed E-state index contributed by atoms with van der Waals surface area (Å²) in [6, 6.07) is 11.5. The van der Waals surface area contributed by atoms with Crippen molar-refractivity contribution in [1.82, 2.24) is 9.97 Å². The first-order chi connectivity index (χ1) is 17.1. The molecule has 3 aromatic rings. The molecular weight excluding hydrogens is 514 g/mol. The lowest BCUT2D eigenvalue weighted by Crippen LogP contribution is -2.30. The standard InChI is InChI=1S/C21H15N5O8S2/c1-36-21-23-18(33-13-5-4-12(10-22)15(9-13)25(29)30)17(26(31)32)19(24-21)34-16(20(27)28)8-11-2-6-14(35)7-3-11/h2-7,9,16,35H,8H2,1H3,(H,27,28). The Bertz CT molecular complexity index is 1380. The van der Waals surface area contributed by atoms with Crippen LogP contribution in [0.1, 0.15) is 11.1 Å². The number of benzene rings is 2. The van der Waals surface area contributed by atoms with Gasteiger partial charge >= 0.3 is 23.4 Å². The average molecular weight is 530 g/mol. The van der Waals surface area contributed by atoms with Crippen LogP contribution in [0.5, 0.6) is 17.5 Å². The molecule has 0 bridgehead atoms. The fourth-order valence-electron chi connectivity index (χ4n) is 2.89. The Morgan fingerprint density at radius 2 is 1.83 bits per heavy atom. The van der Waals surface area contributed by atoms with Crippen LogP contribution in [0.25, 0.3) is 0 Å². The number of rotatable bonds is 10.